The third-order valence-electron chi connectivity index (χ3n) is 0.590. The fourth-order valence-corrected chi connectivity index (χ4v) is 0.363. The second-order valence-electron chi connectivity index (χ2n) is 1.02. The molecule has 0 bridgehead atoms. The molecule has 0 saturated heterocycles. The van der Waals surface area contributed by atoms with E-state index in [1.54, 1.807) is 0 Å². The summed E-state index contributed by atoms with van der Waals surface area (Å²) in [4.78, 5) is 0. The third-order valence-corrected chi connectivity index (χ3v) is 0.881. The zero-order valence-electron chi connectivity index (χ0n) is 2.69. The van der Waals surface area contributed by atoms with Crippen LogP contribution in [0.5, 0.6) is 0 Å². The Kier molecular flexibility index (Phi) is 0.657. The maximum atomic E-state index is 5.41. The SMILES string of the molecule is ClC1[CH]C=C1. The lowest BCUT2D eigenvalue weighted by Gasteiger charge is -2.04. The van der Waals surface area contributed by atoms with E-state index in [4.69, 9.17) is 11.6 Å². The van der Waals surface area contributed by atoms with Gasteiger partial charge in [0.2, 0.25) is 0 Å². The Hall–Kier alpha value is 0.0300. The molecule has 1 heteroatoms. The molecular formula is C4H4Cl. The maximum Gasteiger partial charge on any atom is 0.0585 e. The number of hydrogen-bond donors (Lipinski definition) is 0. The molecule has 0 saturated carbocycles. The highest BCUT2D eigenvalue weighted by Crippen LogP contribution is 2.11. The van der Waals surface area contributed by atoms with Gasteiger partial charge >= 0.3 is 0 Å². The van der Waals surface area contributed by atoms with Gasteiger partial charge in [0.1, 0.15) is 0 Å². The molecule has 0 amide bonds. The Labute approximate surface area is 36.4 Å². The van der Waals surface area contributed by atoms with Crippen molar-refractivity contribution in [3.63, 3.8) is 0 Å². The van der Waals surface area contributed by atoms with Crippen molar-refractivity contribution in [1.29, 1.82) is 0 Å². The predicted molar refractivity (Wildman–Crippen MR) is 23.1 cm³/mol. The predicted octanol–water partition coefficient (Wildman–Crippen LogP) is 1.37. The Bertz CT molecular complexity index is 56.7. The van der Waals surface area contributed by atoms with Crippen LogP contribution in [0.3, 0.4) is 0 Å². The van der Waals surface area contributed by atoms with Gasteiger partial charge in [-0.2, -0.15) is 0 Å². The summed E-state index contributed by atoms with van der Waals surface area (Å²) in [6.45, 7) is 0. The highest BCUT2D eigenvalue weighted by atomic mass is 35.5. The largest absolute Gasteiger partial charge is 0.118 e. The minimum atomic E-state index is 0.231. The minimum Gasteiger partial charge on any atom is -0.118 e. The van der Waals surface area contributed by atoms with Crippen molar-refractivity contribution >= 4 is 11.6 Å². The molecule has 0 spiro atoms. The third kappa shape index (κ3) is 0.457. The molecule has 0 aromatic rings. The Balaban J connectivity index is 2.39. The van der Waals surface area contributed by atoms with E-state index in [0.29, 0.717) is 0 Å². The lowest BCUT2D eigenvalue weighted by Crippen LogP contribution is -1.99. The van der Waals surface area contributed by atoms with E-state index < -0.39 is 0 Å². The Morgan fingerprint density at radius 3 is 2.00 bits per heavy atom. The molecule has 1 atom stereocenters. The van der Waals surface area contributed by atoms with Crippen LogP contribution in [0, 0.1) is 6.42 Å². The highest BCUT2D eigenvalue weighted by molar-refractivity contribution is 6.23. The molecule has 5 heavy (non-hydrogen) atoms. The number of rotatable bonds is 0. The number of hydrogen-bond acceptors (Lipinski definition) is 0. The van der Waals surface area contributed by atoms with Gasteiger partial charge in [-0.05, 0) is 0 Å². The van der Waals surface area contributed by atoms with Gasteiger partial charge in [0.15, 0.2) is 0 Å². The fraction of sp³-hybridized carbons (Fsp3) is 0.250. The van der Waals surface area contributed by atoms with E-state index in [-0.39, 0.29) is 5.38 Å². The summed E-state index contributed by atoms with van der Waals surface area (Å²) in [5.74, 6) is 0. The fourth-order valence-electron chi connectivity index (χ4n) is 0.195. The van der Waals surface area contributed by atoms with Gasteiger partial charge in [-0.1, -0.05) is 12.2 Å². The van der Waals surface area contributed by atoms with E-state index in [2.05, 4.69) is 0 Å². The van der Waals surface area contributed by atoms with Crippen LogP contribution < -0.4 is 0 Å². The van der Waals surface area contributed by atoms with Gasteiger partial charge in [-0.25, -0.2) is 0 Å². The summed E-state index contributed by atoms with van der Waals surface area (Å²) in [5.41, 5.74) is 0. The molecule has 0 heterocycles. The lowest BCUT2D eigenvalue weighted by atomic mass is 10.1. The van der Waals surface area contributed by atoms with Crippen LogP contribution in [0.4, 0.5) is 0 Å². The average Bonchev–Trinajstić information content (AvgIpc) is 1.30. The molecule has 0 aromatic heterocycles. The van der Waals surface area contributed by atoms with E-state index in [1.165, 1.54) is 0 Å². The quantitative estimate of drug-likeness (QED) is 0.392. The summed E-state index contributed by atoms with van der Waals surface area (Å²) in [7, 11) is 0. The van der Waals surface area contributed by atoms with E-state index in [0.717, 1.165) is 0 Å². The maximum absolute atomic E-state index is 5.41. The zero-order chi connectivity index (χ0) is 3.70. The number of alkyl halides is 1. The molecule has 1 rings (SSSR count). The molecule has 0 aliphatic heterocycles. The van der Waals surface area contributed by atoms with Crippen LogP contribution in [0.2, 0.25) is 0 Å². The van der Waals surface area contributed by atoms with E-state index >= 15 is 0 Å². The first-order valence-electron chi connectivity index (χ1n) is 1.55. The molecule has 1 unspecified atom stereocenters. The zero-order valence-corrected chi connectivity index (χ0v) is 3.44. The molecule has 1 radical (unpaired) electrons. The second kappa shape index (κ2) is 1.02. The van der Waals surface area contributed by atoms with Crippen molar-refractivity contribution in [1.82, 2.24) is 0 Å². The molecular weight excluding hydrogens is 83.5 g/mol. The monoisotopic (exact) mass is 87.0 g/mol. The van der Waals surface area contributed by atoms with Gasteiger partial charge in [0.25, 0.3) is 0 Å². The molecule has 0 aromatic carbocycles. The first kappa shape index (κ1) is 3.23. The molecule has 1 aliphatic rings. The normalized spacial score (nSPS) is 33.4. The van der Waals surface area contributed by atoms with E-state index in [9.17, 15) is 0 Å². The molecule has 0 N–H and O–H groups in total. The van der Waals surface area contributed by atoms with Crippen molar-refractivity contribution in [3.05, 3.63) is 18.6 Å². The van der Waals surface area contributed by atoms with Gasteiger partial charge in [0, 0.05) is 6.42 Å². The molecule has 27 valence electrons. The Morgan fingerprint density at radius 2 is 2.00 bits per heavy atom. The van der Waals surface area contributed by atoms with Crippen molar-refractivity contribution in [3.8, 4) is 0 Å². The Morgan fingerprint density at radius 1 is 1.60 bits per heavy atom. The van der Waals surface area contributed by atoms with Crippen LogP contribution in [0.1, 0.15) is 0 Å². The first-order chi connectivity index (χ1) is 2.39. The van der Waals surface area contributed by atoms with Crippen LogP contribution in [-0.2, 0) is 0 Å². The molecule has 1 aliphatic carbocycles. The minimum absolute atomic E-state index is 0.231. The summed E-state index contributed by atoms with van der Waals surface area (Å²) >= 11 is 5.41. The van der Waals surface area contributed by atoms with Crippen LogP contribution in [-0.4, -0.2) is 5.38 Å². The smallest absolute Gasteiger partial charge is 0.0585 e. The average molecular weight is 87.5 g/mol. The van der Waals surface area contributed by atoms with Crippen molar-refractivity contribution in [2.24, 2.45) is 0 Å². The highest BCUT2D eigenvalue weighted by Gasteiger charge is 2.02. The van der Waals surface area contributed by atoms with Gasteiger partial charge in [0.05, 0.1) is 5.38 Å². The molecule has 0 fully saturated rings. The van der Waals surface area contributed by atoms with Gasteiger partial charge in [-0.15, -0.1) is 11.6 Å². The van der Waals surface area contributed by atoms with Crippen LogP contribution in [0.25, 0.3) is 0 Å². The second-order valence-corrected chi connectivity index (χ2v) is 1.53. The molecule has 0 nitrogen and oxygen atoms in total. The van der Waals surface area contributed by atoms with Crippen LogP contribution in [0.15, 0.2) is 12.2 Å². The van der Waals surface area contributed by atoms with Crippen LogP contribution >= 0.6 is 11.6 Å². The summed E-state index contributed by atoms with van der Waals surface area (Å²) < 4.78 is 0. The summed E-state index contributed by atoms with van der Waals surface area (Å²) in [6, 6.07) is 0. The summed E-state index contributed by atoms with van der Waals surface area (Å²) in [5, 5.41) is 0.231. The topological polar surface area (TPSA) is 0 Å². The number of halogens is 1. The first-order valence-corrected chi connectivity index (χ1v) is 1.99. The van der Waals surface area contributed by atoms with Gasteiger partial charge in [-0.3, -0.25) is 0 Å². The summed E-state index contributed by atoms with van der Waals surface area (Å²) in [6.07, 6.45) is 5.81. The number of allylic oxidation sites excluding steroid dienone is 2. The standard InChI is InChI=1S/C4H4Cl/c5-4-2-1-3-4/h1-4H. The van der Waals surface area contributed by atoms with Crippen molar-refractivity contribution in [2.45, 2.75) is 5.38 Å². The lowest BCUT2D eigenvalue weighted by molar-refractivity contribution is 1.20. The van der Waals surface area contributed by atoms with E-state index in [1.807, 2.05) is 18.6 Å². The van der Waals surface area contributed by atoms with Gasteiger partial charge < -0.3 is 0 Å². The van der Waals surface area contributed by atoms with Crippen molar-refractivity contribution < 1.29 is 0 Å². The van der Waals surface area contributed by atoms with Crippen molar-refractivity contribution in [2.75, 3.05) is 0 Å².